The molecule has 0 aliphatic carbocycles. The van der Waals surface area contributed by atoms with Crippen molar-refractivity contribution < 1.29 is 32.4 Å². The van der Waals surface area contributed by atoms with Crippen molar-refractivity contribution >= 4 is 14.5 Å². The average molecular weight is 655 g/mol. The van der Waals surface area contributed by atoms with Gasteiger partial charge in [0, 0.05) is 34.0 Å². The van der Waals surface area contributed by atoms with Crippen LogP contribution in [-0.2, 0) is 24.6 Å². The Hall–Kier alpha value is -2.72. The third kappa shape index (κ3) is 6.18. The second-order valence-electron chi connectivity index (χ2n) is 5.31. The SMILES string of the molecule is [CH2-]Oc1ccc(COCCCC[Si](OC)(OC)OC)c([N+](=O)[O-])c1OC.[Rf]. The van der Waals surface area contributed by atoms with E-state index in [9.17, 15) is 10.1 Å². The van der Waals surface area contributed by atoms with E-state index in [0.29, 0.717) is 18.2 Å². The van der Waals surface area contributed by atoms with E-state index in [1.807, 2.05) is 0 Å². The fourth-order valence-electron chi connectivity index (χ4n) is 2.50. The minimum absolute atomic E-state index is 0. The summed E-state index contributed by atoms with van der Waals surface area (Å²) in [5.41, 5.74) is 0.222. The van der Waals surface area contributed by atoms with Crippen LogP contribution in [0, 0.1) is 17.2 Å². The molecule has 0 aliphatic rings. The third-order valence-corrected chi connectivity index (χ3v) is 6.77. The minimum atomic E-state index is -2.57. The maximum atomic E-state index is 11.4. The van der Waals surface area contributed by atoms with Gasteiger partial charge in [-0.3, -0.25) is 10.1 Å². The number of unbranched alkanes of at least 4 members (excludes halogenated alkanes) is 1. The molecule has 1 rings (SSSR count). The van der Waals surface area contributed by atoms with Crippen molar-refractivity contribution in [2.75, 3.05) is 35.0 Å². The summed E-state index contributed by atoms with van der Waals surface area (Å²) in [7, 11) is 6.75. The number of nitro benzene ring substituents is 1. The Morgan fingerprint density at radius 1 is 1.11 bits per heavy atom. The number of nitrogens with zero attached hydrogens (tertiary/aromatic N) is 1. The quantitative estimate of drug-likeness (QED) is 0.105. The molecule has 11 heteroatoms. The number of nitro groups is 1. The molecule has 1 aromatic carbocycles. The molecule has 0 saturated carbocycles. The van der Waals surface area contributed by atoms with E-state index in [2.05, 4.69) is 7.11 Å². The molecule has 0 aliphatic heterocycles. The van der Waals surface area contributed by atoms with Crippen LogP contribution in [0.2, 0.25) is 6.04 Å². The molecule has 0 radical (unpaired) electrons. The van der Waals surface area contributed by atoms with Crippen molar-refractivity contribution in [1.82, 2.24) is 0 Å². The van der Waals surface area contributed by atoms with Gasteiger partial charge >= 0.3 is 14.5 Å². The molecule has 0 fully saturated rings. The van der Waals surface area contributed by atoms with Crippen molar-refractivity contribution in [2.45, 2.75) is 25.5 Å². The van der Waals surface area contributed by atoms with Crippen LogP contribution in [0.5, 0.6) is 11.5 Å². The van der Waals surface area contributed by atoms with Crippen LogP contribution in [0.4, 0.5) is 5.69 Å². The van der Waals surface area contributed by atoms with Gasteiger partial charge < -0.3 is 27.5 Å². The Kier molecular flexibility index (Phi) is 10.6. The van der Waals surface area contributed by atoms with Crippen molar-refractivity contribution in [3.05, 3.63) is 34.9 Å². The zero-order chi connectivity index (χ0) is 19.6. The fraction of sp³-hybridized carbons (Fsp3) is 0.562. The summed E-state index contributed by atoms with van der Waals surface area (Å²) in [4.78, 5) is 10.9. The van der Waals surface area contributed by atoms with Crippen molar-refractivity contribution in [3.63, 3.8) is 0 Å². The molecule has 27 heavy (non-hydrogen) atoms. The van der Waals surface area contributed by atoms with Crippen LogP contribution in [0.3, 0.4) is 0 Å². The molecule has 0 atom stereocenters. The van der Waals surface area contributed by atoms with Gasteiger partial charge in [-0.2, -0.15) is 7.11 Å². The molecular formula is C16H26NO8RfSi-. The fourth-order valence-corrected chi connectivity index (χ4v) is 4.30. The van der Waals surface area contributed by atoms with Crippen LogP contribution in [0.1, 0.15) is 18.4 Å². The summed E-state index contributed by atoms with van der Waals surface area (Å²) >= 11 is 0. The second kappa shape index (κ2) is 11.8. The van der Waals surface area contributed by atoms with E-state index in [1.54, 1.807) is 33.5 Å². The molecule has 0 N–H and O–H groups in total. The van der Waals surface area contributed by atoms with Gasteiger partial charge in [0.05, 0.1) is 24.2 Å². The van der Waals surface area contributed by atoms with E-state index in [0.717, 1.165) is 12.8 Å². The minimum Gasteiger partial charge on any atom is -0.663 e. The molecule has 0 heterocycles. The molecule has 150 valence electrons. The second-order valence-corrected chi connectivity index (χ2v) is 8.40. The first-order valence-electron chi connectivity index (χ1n) is 7.98. The standard InChI is InChI=1S/C16H26NO8Si.Rf/c1-20-14-9-8-13(15(17(18)19)16(14)21-2)12-25-10-6-7-11-26(22-3,23-4)24-5;/h8-9H,1,6-7,10-12H2,2-5H3;/q-1;. The van der Waals surface area contributed by atoms with Gasteiger partial charge in [0.2, 0.25) is 5.75 Å². The predicted molar refractivity (Wildman–Crippen MR) is 96.1 cm³/mol. The topological polar surface area (TPSA) is 98.5 Å². The van der Waals surface area contributed by atoms with Gasteiger partial charge in [0.1, 0.15) is 5.75 Å². The maximum absolute atomic E-state index is 11.4. The van der Waals surface area contributed by atoms with E-state index >= 15 is 0 Å². The van der Waals surface area contributed by atoms with Crippen LogP contribution >= 0.6 is 0 Å². The van der Waals surface area contributed by atoms with Crippen molar-refractivity contribution in [1.29, 1.82) is 0 Å². The zero-order valence-corrected chi connectivity index (χ0v) is 23.7. The van der Waals surface area contributed by atoms with Crippen LogP contribution in [0.15, 0.2) is 12.1 Å². The molecule has 0 saturated heterocycles. The van der Waals surface area contributed by atoms with Crippen molar-refractivity contribution in [2.24, 2.45) is 0 Å². The maximum Gasteiger partial charge on any atom is 0.500 e. The predicted octanol–water partition coefficient (Wildman–Crippen LogP) is 2.95. The van der Waals surface area contributed by atoms with E-state index < -0.39 is 13.7 Å². The molecule has 0 amide bonds. The zero-order valence-electron chi connectivity index (χ0n) is 16.3. The summed E-state index contributed by atoms with van der Waals surface area (Å²) in [5, 5.41) is 11.4. The summed E-state index contributed by atoms with van der Waals surface area (Å²) in [5.74, 6) is 0.227. The molecule has 1 aromatic rings. The van der Waals surface area contributed by atoms with E-state index in [4.69, 9.17) is 27.5 Å². The third-order valence-electron chi connectivity index (χ3n) is 3.93. The number of hydrogen-bond donors (Lipinski definition) is 0. The first-order valence-corrected chi connectivity index (χ1v) is 9.91. The number of methoxy groups -OCH3 is 1. The molecule has 9 nitrogen and oxygen atoms in total. The first kappa shape index (κ1) is 24.3. The Bertz CT molecular complexity index is 578. The van der Waals surface area contributed by atoms with Gasteiger partial charge in [-0.15, -0.1) is 0 Å². The Morgan fingerprint density at radius 3 is 2.22 bits per heavy atom. The van der Waals surface area contributed by atoms with Crippen LogP contribution in [0.25, 0.3) is 0 Å². The number of benzene rings is 1. The Labute approximate surface area is 154 Å². The van der Waals surface area contributed by atoms with Crippen LogP contribution in [-0.4, -0.2) is 48.8 Å². The van der Waals surface area contributed by atoms with E-state index in [-0.39, 0.29) is 23.8 Å². The molecule has 0 bridgehead atoms. The van der Waals surface area contributed by atoms with Gasteiger partial charge in [0.25, 0.3) is 0 Å². The van der Waals surface area contributed by atoms with Gasteiger partial charge in [-0.05, 0) is 25.0 Å². The largest absolute Gasteiger partial charge is 0.663 e. The van der Waals surface area contributed by atoms with Gasteiger partial charge in [-0.1, -0.05) is 0 Å². The molecule has 0 unspecified atom stereocenters. The molecule has 0 aromatic heterocycles. The van der Waals surface area contributed by atoms with Crippen molar-refractivity contribution in [3.8, 4) is 11.5 Å². The molecular weight excluding hydrogens is 629 g/mol. The number of hydrogen-bond acceptors (Lipinski definition) is 8. The Balaban J connectivity index is 0.00000676. The number of ether oxygens (including phenoxy) is 3. The van der Waals surface area contributed by atoms with Gasteiger partial charge in [-0.25, -0.2) is 0 Å². The summed E-state index contributed by atoms with van der Waals surface area (Å²) in [6.07, 6.45) is 1.54. The Morgan fingerprint density at radius 2 is 1.74 bits per heavy atom. The average Bonchev–Trinajstić information content (AvgIpc) is 2.67. The van der Waals surface area contributed by atoms with Gasteiger partial charge in [0.15, 0.2) is 0 Å². The number of rotatable bonds is 13. The summed E-state index contributed by atoms with van der Waals surface area (Å²) < 4.78 is 31.6. The monoisotopic (exact) mass is 655 g/mol. The smallest absolute Gasteiger partial charge is 0.500 e. The van der Waals surface area contributed by atoms with Crippen LogP contribution < -0.4 is 9.47 Å². The normalized spacial score (nSPS) is 11.0. The first-order chi connectivity index (χ1) is 12.5. The van der Waals surface area contributed by atoms with E-state index in [1.165, 1.54) is 7.11 Å². The molecule has 0 spiro atoms. The summed E-state index contributed by atoms with van der Waals surface area (Å²) in [6, 6.07) is 3.80. The summed E-state index contributed by atoms with van der Waals surface area (Å²) in [6.45, 7) is 0.528.